The van der Waals surface area contributed by atoms with Crippen molar-refractivity contribution < 1.29 is 18.5 Å². The zero-order valence-corrected chi connectivity index (χ0v) is 11.2. The smallest absolute Gasteiger partial charge is 0.281 e. The molecule has 2 aromatic rings. The van der Waals surface area contributed by atoms with E-state index in [0.29, 0.717) is 0 Å². The van der Waals surface area contributed by atoms with Gasteiger partial charge in [0.15, 0.2) is 17.4 Å². The first-order valence-electron chi connectivity index (χ1n) is 5.80. The van der Waals surface area contributed by atoms with Gasteiger partial charge in [-0.2, -0.15) is 0 Å². The Balaban J connectivity index is 2.37. The number of nitro benzene ring substituents is 1. The predicted octanol–water partition coefficient (Wildman–Crippen LogP) is 3.95. The highest BCUT2D eigenvalue weighted by Crippen LogP contribution is 2.25. The second-order valence-electron chi connectivity index (χ2n) is 4.23. The van der Waals surface area contributed by atoms with Crippen LogP contribution in [-0.2, 0) is 6.42 Å². The molecule has 0 amide bonds. The summed E-state index contributed by atoms with van der Waals surface area (Å²) in [5, 5.41) is 11.0. The molecule has 0 fully saturated rings. The number of benzene rings is 2. The molecule has 0 aliphatic rings. The summed E-state index contributed by atoms with van der Waals surface area (Å²) in [5.41, 5.74) is -0.832. The first kappa shape index (κ1) is 15.1. The molecule has 4 nitrogen and oxygen atoms in total. The van der Waals surface area contributed by atoms with Gasteiger partial charge in [-0.05, 0) is 23.8 Å². The molecule has 0 aromatic heterocycles. The van der Waals surface area contributed by atoms with E-state index >= 15 is 0 Å². The summed E-state index contributed by atoms with van der Waals surface area (Å²) in [6, 6.07) is 6.99. The number of ketones is 1. The van der Waals surface area contributed by atoms with Crippen LogP contribution < -0.4 is 0 Å². The van der Waals surface area contributed by atoms with Crippen molar-refractivity contribution in [2.24, 2.45) is 0 Å². The first-order chi connectivity index (χ1) is 9.90. The molecular weight excluding hydrogens is 304 g/mol. The van der Waals surface area contributed by atoms with Crippen molar-refractivity contribution in [1.29, 1.82) is 0 Å². The lowest BCUT2D eigenvalue weighted by Gasteiger charge is -2.05. The maximum Gasteiger partial charge on any atom is 0.281 e. The molecule has 0 atom stereocenters. The van der Waals surface area contributed by atoms with E-state index < -0.39 is 34.4 Å². The minimum Gasteiger partial charge on any atom is -0.294 e. The van der Waals surface area contributed by atoms with Gasteiger partial charge in [-0.25, -0.2) is 8.78 Å². The van der Waals surface area contributed by atoms with E-state index in [1.807, 2.05) is 0 Å². The molecule has 0 saturated carbocycles. The van der Waals surface area contributed by atoms with Crippen LogP contribution in [-0.4, -0.2) is 10.7 Å². The quantitative estimate of drug-likeness (QED) is 0.488. The monoisotopic (exact) mass is 311 g/mol. The van der Waals surface area contributed by atoms with E-state index in [1.54, 1.807) is 0 Å². The Kier molecular flexibility index (Phi) is 4.28. The number of hydrogen-bond acceptors (Lipinski definition) is 3. The Labute approximate surface area is 123 Å². The van der Waals surface area contributed by atoms with Crippen LogP contribution in [0.15, 0.2) is 36.4 Å². The molecule has 2 rings (SSSR count). The lowest BCUT2D eigenvalue weighted by molar-refractivity contribution is -0.385. The van der Waals surface area contributed by atoms with Crippen molar-refractivity contribution in [3.63, 3.8) is 0 Å². The third-order valence-electron chi connectivity index (χ3n) is 2.84. The third kappa shape index (κ3) is 3.22. The van der Waals surface area contributed by atoms with Gasteiger partial charge in [0.2, 0.25) is 0 Å². The largest absolute Gasteiger partial charge is 0.294 e. The molecule has 0 heterocycles. The molecule has 0 unspecified atom stereocenters. The Morgan fingerprint density at radius 2 is 1.95 bits per heavy atom. The van der Waals surface area contributed by atoms with Gasteiger partial charge < -0.3 is 0 Å². The van der Waals surface area contributed by atoms with Crippen LogP contribution in [0.4, 0.5) is 14.5 Å². The first-order valence-corrected chi connectivity index (χ1v) is 6.18. The topological polar surface area (TPSA) is 60.2 Å². The van der Waals surface area contributed by atoms with Gasteiger partial charge in [0.05, 0.1) is 10.5 Å². The van der Waals surface area contributed by atoms with Crippen LogP contribution in [0.5, 0.6) is 0 Å². The molecular formula is C14H8ClF2NO3. The Morgan fingerprint density at radius 1 is 1.24 bits per heavy atom. The minimum absolute atomic E-state index is 0.107. The summed E-state index contributed by atoms with van der Waals surface area (Å²) in [6.07, 6.45) is -0.480. The number of nitro groups is 1. The van der Waals surface area contributed by atoms with Gasteiger partial charge in [-0.3, -0.25) is 14.9 Å². The number of hydrogen-bond donors (Lipinski definition) is 0. The van der Waals surface area contributed by atoms with Crippen molar-refractivity contribution in [2.45, 2.75) is 6.42 Å². The average molecular weight is 312 g/mol. The molecule has 0 aliphatic heterocycles. The van der Waals surface area contributed by atoms with E-state index in [1.165, 1.54) is 24.3 Å². The summed E-state index contributed by atoms with van der Waals surface area (Å²) in [5.74, 6) is -2.91. The van der Waals surface area contributed by atoms with Crippen LogP contribution in [0.3, 0.4) is 0 Å². The number of halogens is 3. The normalized spacial score (nSPS) is 10.4. The van der Waals surface area contributed by atoms with E-state index in [9.17, 15) is 23.7 Å². The lowest BCUT2D eigenvalue weighted by Crippen LogP contribution is -2.09. The number of carbonyl (C=O) groups is 1. The van der Waals surface area contributed by atoms with Crippen LogP contribution in [0.1, 0.15) is 15.9 Å². The van der Waals surface area contributed by atoms with Gasteiger partial charge >= 0.3 is 0 Å². The maximum absolute atomic E-state index is 13.5. The molecule has 108 valence electrons. The van der Waals surface area contributed by atoms with Gasteiger partial charge in [-0.1, -0.05) is 23.7 Å². The Hall–Kier alpha value is -2.34. The highest BCUT2D eigenvalue weighted by atomic mass is 35.5. The number of nitrogens with zero attached hydrogens (tertiary/aromatic N) is 1. The molecule has 0 bridgehead atoms. The Bertz CT molecular complexity index is 734. The fourth-order valence-electron chi connectivity index (χ4n) is 1.84. The molecule has 0 N–H and O–H groups in total. The summed E-state index contributed by atoms with van der Waals surface area (Å²) in [4.78, 5) is 22.2. The van der Waals surface area contributed by atoms with E-state index in [2.05, 4.69) is 0 Å². The SMILES string of the molecule is O=C(Cc1cccc(F)c1F)c1ccc(Cl)cc1[N+](=O)[O-]. The molecule has 7 heteroatoms. The molecule has 0 radical (unpaired) electrons. The average Bonchev–Trinajstić information content (AvgIpc) is 2.43. The lowest BCUT2D eigenvalue weighted by atomic mass is 10.0. The number of carbonyl (C=O) groups excluding carboxylic acids is 1. The van der Waals surface area contributed by atoms with Crippen molar-refractivity contribution in [3.8, 4) is 0 Å². The summed E-state index contributed by atoms with van der Waals surface area (Å²) in [7, 11) is 0. The van der Waals surface area contributed by atoms with Gasteiger partial charge in [-0.15, -0.1) is 0 Å². The molecule has 0 aliphatic carbocycles. The van der Waals surface area contributed by atoms with Gasteiger partial charge in [0, 0.05) is 17.5 Å². The van der Waals surface area contributed by atoms with Crippen LogP contribution in [0.25, 0.3) is 0 Å². The highest BCUT2D eigenvalue weighted by Gasteiger charge is 2.22. The minimum atomic E-state index is -1.14. The second kappa shape index (κ2) is 5.97. The molecule has 2 aromatic carbocycles. The van der Waals surface area contributed by atoms with Crippen LogP contribution >= 0.6 is 11.6 Å². The number of Topliss-reactive ketones (excluding diaryl/α,β-unsaturated/α-hetero) is 1. The van der Waals surface area contributed by atoms with Gasteiger partial charge in [0.1, 0.15) is 0 Å². The van der Waals surface area contributed by atoms with Gasteiger partial charge in [0.25, 0.3) is 5.69 Å². The summed E-state index contributed by atoms with van der Waals surface area (Å²) in [6.45, 7) is 0. The standard InChI is InChI=1S/C14H8ClF2NO3/c15-9-4-5-10(12(7-9)18(20)21)13(19)6-8-2-1-3-11(16)14(8)17/h1-5,7H,6H2. The molecule has 0 saturated heterocycles. The zero-order valence-electron chi connectivity index (χ0n) is 10.5. The molecule has 21 heavy (non-hydrogen) atoms. The van der Waals surface area contributed by atoms with Crippen LogP contribution in [0, 0.1) is 21.7 Å². The zero-order chi connectivity index (χ0) is 15.6. The van der Waals surface area contributed by atoms with Crippen molar-refractivity contribution in [3.05, 3.63) is 74.3 Å². The van der Waals surface area contributed by atoms with Crippen molar-refractivity contribution >= 4 is 23.1 Å². The van der Waals surface area contributed by atoms with E-state index in [4.69, 9.17) is 11.6 Å². The summed E-state index contributed by atoms with van der Waals surface area (Å²) < 4.78 is 26.6. The summed E-state index contributed by atoms with van der Waals surface area (Å²) >= 11 is 5.65. The van der Waals surface area contributed by atoms with Crippen molar-refractivity contribution in [1.82, 2.24) is 0 Å². The fourth-order valence-corrected chi connectivity index (χ4v) is 2.01. The fraction of sp³-hybridized carbons (Fsp3) is 0.0714. The highest BCUT2D eigenvalue weighted by molar-refractivity contribution is 6.31. The van der Waals surface area contributed by atoms with E-state index in [0.717, 1.165) is 12.1 Å². The third-order valence-corrected chi connectivity index (χ3v) is 3.07. The predicted molar refractivity (Wildman–Crippen MR) is 72.5 cm³/mol. The maximum atomic E-state index is 13.5. The second-order valence-corrected chi connectivity index (χ2v) is 4.67. The number of rotatable bonds is 4. The van der Waals surface area contributed by atoms with Crippen molar-refractivity contribution in [2.75, 3.05) is 0 Å². The Morgan fingerprint density at radius 3 is 2.62 bits per heavy atom. The molecule has 0 spiro atoms. The van der Waals surface area contributed by atoms with E-state index in [-0.39, 0.29) is 16.1 Å². The van der Waals surface area contributed by atoms with Crippen LogP contribution in [0.2, 0.25) is 5.02 Å².